The first-order valence-electron chi connectivity index (χ1n) is 9.01. The van der Waals surface area contributed by atoms with Crippen molar-refractivity contribution in [3.8, 4) is 5.75 Å². The van der Waals surface area contributed by atoms with Crippen molar-refractivity contribution < 1.29 is 9.53 Å². The van der Waals surface area contributed by atoms with Crippen molar-refractivity contribution in [1.82, 2.24) is 9.80 Å². The van der Waals surface area contributed by atoms with Crippen LogP contribution in [0.5, 0.6) is 5.75 Å². The second-order valence-corrected chi connectivity index (χ2v) is 7.93. The van der Waals surface area contributed by atoms with E-state index in [1.165, 1.54) is 0 Å². The average Bonchev–Trinajstić information content (AvgIpc) is 3.10. The summed E-state index contributed by atoms with van der Waals surface area (Å²) in [6.45, 7) is 3.52. The van der Waals surface area contributed by atoms with E-state index in [2.05, 4.69) is 18.0 Å². The minimum absolute atomic E-state index is 0.0790. The molecule has 1 aliphatic rings. The van der Waals surface area contributed by atoms with E-state index in [0.29, 0.717) is 17.2 Å². The number of amides is 1. The Bertz CT molecular complexity index is 708. The maximum Gasteiger partial charge on any atom is 0.254 e. The molecule has 2 aromatic rings. The Labute approximate surface area is 164 Å². The molecule has 0 bridgehead atoms. The molecule has 4 nitrogen and oxygen atoms in total. The highest BCUT2D eigenvalue weighted by Gasteiger charge is 2.20. The number of carbonyl (C=O) groups is 1. The minimum Gasteiger partial charge on any atom is -0.485 e. The molecule has 1 aromatic heterocycles. The summed E-state index contributed by atoms with van der Waals surface area (Å²) in [7, 11) is 2.10. The van der Waals surface area contributed by atoms with Crippen molar-refractivity contribution in [2.24, 2.45) is 0 Å². The molecule has 0 radical (unpaired) electrons. The average molecular weight is 393 g/mol. The van der Waals surface area contributed by atoms with E-state index in [1.54, 1.807) is 11.3 Å². The maximum atomic E-state index is 12.9. The number of hydrogen-bond acceptors (Lipinski definition) is 4. The number of hydrogen-bond donors (Lipinski definition) is 0. The highest BCUT2D eigenvalue weighted by Crippen LogP contribution is 2.29. The Kier molecular flexibility index (Phi) is 6.94. The van der Waals surface area contributed by atoms with Crippen LogP contribution >= 0.6 is 22.9 Å². The first-order valence-corrected chi connectivity index (χ1v) is 10.4. The number of alkyl halides is 1. The van der Waals surface area contributed by atoms with E-state index in [4.69, 9.17) is 16.3 Å². The van der Waals surface area contributed by atoms with E-state index < -0.39 is 0 Å². The normalized spacial score (nSPS) is 16.9. The smallest absolute Gasteiger partial charge is 0.254 e. The van der Waals surface area contributed by atoms with Crippen molar-refractivity contribution in [2.45, 2.75) is 18.9 Å². The molecule has 0 N–H and O–H groups in total. The molecule has 1 atom stereocenters. The van der Waals surface area contributed by atoms with Crippen LogP contribution in [0.25, 0.3) is 0 Å². The van der Waals surface area contributed by atoms with Gasteiger partial charge in [0.05, 0.1) is 0 Å². The van der Waals surface area contributed by atoms with Gasteiger partial charge in [-0.05, 0) is 49.7 Å². The van der Waals surface area contributed by atoms with Crippen molar-refractivity contribution in [1.29, 1.82) is 0 Å². The Morgan fingerprint density at radius 1 is 1.23 bits per heavy atom. The molecule has 1 aromatic carbocycles. The summed E-state index contributed by atoms with van der Waals surface area (Å²) in [5.74, 6) is 1.32. The van der Waals surface area contributed by atoms with Crippen LogP contribution in [-0.4, -0.2) is 54.8 Å². The van der Waals surface area contributed by atoms with Crippen molar-refractivity contribution >= 4 is 28.8 Å². The van der Waals surface area contributed by atoms with Gasteiger partial charge in [-0.15, -0.1) is 22.9 Å². The lowest BCUT2D eigenvalue weighted by Crippen LogP contribution is -2.34. The van der Waals surface area contributed by atoms with E-state index in [0.717, 1.165) is 43.9 Å². The molecule has 0 saturated carbocycles. The van der Waals surface area contributed by atoms with Crippen LogP contribution in [0.1, 0.15) is 34.2 Å². The van der Waals surface area contributed by atoms with Gasteiger partial charge in [-0.3, -0.25) is 4.79 Å². The van der Waals surface area contributed by atoms with Gasteiger partial charge in [-0.2, -0.15) is 0 Å². The van der Waals surface area contributed by atoms with Gasteiger partial charge in [-0.25, -0.2) is 0 Å². The molecule has 1 amide bonds. The van der Waals surface area contributed by atoms with Gasteiger partial charge in [0.1, 0.15) is 11.9 Å². The van der Waals surface area contributed by atoms with E-state index in [9.17, 15) is 4.79 Å². The molecule has 26 heavy (non-hydrogen) atoms. The van der Waals surface area contributed by atoms with Crippen LogP contribution in [0.3, 0.4) is 0 Å². The van der Waals surface area contributed by atoms with E-state index >= 15 is 0 Å². The first kappa shape index (κ1) is 19.2. The Morgan fingerprint density at radius 2 is 2.12 bits per heavy atom. The number of ether oxygens (including phenoxy) is 1. The topological polar surface area (TPSA) is 32.8 Å². The fourth-order valence-corrected chi connectivity index (χ4v) is 4.12. The summed E-state index contributed by atoms with van der Waals surface area (Å²) >= 11 is 7.61. The molecule has 6 heteroatoms. The highest BCUT2D eigenvalue weighted by atomic mass is 35.5. The molecule has 140 valence electrons. The highest BCUT2D eigenvalue weighted by molar-refractivity contribution is 7.10. The summed E-state index contributed by atoms with van der Waals surface area (Å²) in [4.78, 5) is 18.2. The number of benzene rings is 1. The van der Waals surface area contributed by atoms with Crippen molar-refractivity contribution in [3.63, 3.8) is 0 Å². The van der Waals surface area contributed by atoms with E-state index in [1.807, 2.05) is 40.6 Å². The maximum absolute atomic E-state index is 12.9. The Morgan fingerprint density at radius 3 is 2.88 bits per heavy atom. The summed E-state index contributed by atoms with van der Waals surface area (Å²) in [6.07, 6.45) is 1.66. The third-order valence-corrected chi connectivity index (χ3v) is 5.78. The Hall–Kier alpha value is -1.56. The number of thiophene rings is 1. The number of halogens is 1. The molecule has 0 spiro atoms. The van der Waals surface area contributed by atoms with Crippen molar-refractivity contribution in [2.75, 3.05) is 39.1 Å². The van der Waals surface area contributed by atoms with Gasteiger partial charge in [0, 0.05) is 42.4 Å². The predicted octanol–water partition coefficient (Wildman–Crippen LogP) is 4.27. The van der Waals surface area contributed by atoms with Gasteiger partial charge in [0.15, 0.2) is 0 Å². The SMILES string of the molecule is CN1CCCN(C(=O)c2cccc(OC(CCCl)c3cccs3)c2)CC1. The van der Waals surface area contributed by atoms with Gasteiger partial charge in [0.2, 0.25) is 0 Å². The number of rotatable bonds is 6. The zero-order valence-corrected chi connectivity index (χ0v) is 16.6. The summed E-state index contributed by atoms with van der Waals surface area (Å²) in [5, 5.41) is 2.04. The second-order valence-electron chi connectivity index (χ2n) is 6.58. The second kappa shape index (κ2) is 9.40. The van der Waals surface area contributed by atoms with Gasteiger partial charge < -0.3 is 14.5 Å². The van der Waals surface area contributed by atoms with Crippen LogP contribution in [0.4, 0.5) is 0 Å². The predicted molar refractivity (Wildman–Crippen MR) is 107 cm³/mol. The Balaban J connectivity index is 1.71. The lowest BCUT2D eigenvalue weighted by molar-refractivity contribution is 0.0762. The zero-order valence-electron chi connectivity index (χ0n) is 15.1. The molecule has 1 unspecified atom stereocenters. The third-order valence-electron chi connectivity index (χ3n) is 4.60. The molecule has 2 heterocycles. The summed E-state index contributed by atoms with van der Waals surface area (Å²) < 4.78 is 6.17. The van der Waals surface area contributed by atoms with Gasteiger partial charge in [0.25, 0.3) is 5.91 Å². The lowest BCUT2D eigenvalue weighted by Gasteiger charge is -2.21. The third kappa shape index (κ3) is 5.00. The van der Waals surface area contributed by atoms with Crippen LogP contribution in [0.2, 0.25) is 0 Å². The lowest BCUT2D eigenvalue weighted by atomic mass is 10.1. The fraction of sp³-hybridized carbons (Fsp3) is 0.450. The van der Waals surface area contributed by atoms with Gasteiger partial charge in [-0.1, -0.05) is 12.1 Å². The number of likely N-dealkylation sites (N-methyl/N-ethyl adjacent to an activating group) is 1. The van der Waals surface area contributed by atoms with Gasteiger partial charge >= 0.3 is 0 Å². The molecule has 1 saturated heterocycles. The largest absolute Gasteiger partial charge is 0.485 e. The monoisotopic (exact) mass is 392 g/mol. The number of nitrogens with zero attached hydrogens (tertiary/aromatic N) is 2. The van der Waals surface area contributed by atoms with E-state index in [-0.39, 0.29) is 12.0 Å². The van der Waals surface area contributed by atoms with Crippen molar-refractivity contribution in [3.05, 3.63) is 52.2 Å². The molecular weight excluding hydrogens is 368 g/mol. The molecule has 3 rings (SSSR count). The first-order chi connectivity index (χ1) is 12.7. The van der Waals surface area contributed by atoms with Crippen LogP contribution in [-0.2, 0) is 0 Å². The van der Waals surface area contributed by atoms with Crippen LogP contribution in [0, 0.1) is 0 Å². The summed E-state index contributed by atoms with van der Waals surface area (Å²) in [6, 6.07) is 11.6. The standard InChI is InChI=1S/C20H25ClN2O2S/c1-22-10-4-11-23(13-12-22)20(24)16-5-2-6-17(15-16)25-18(8-9-21)19-7-3-14-26-19/h2-3,5-7,14-15,18H,4,8-13H2,1H3. The number of carbonyl (C=O) groups excluding carboxylic acids is 1. The molecule has 0 aliphatic carbocycles. The summed E-state index contributed by atoms with van der Waals surface area (Å²) in [5.41, 5.74) is 0.683. The quantitative estimate of drug-likeness (QED) is 0.688. The van der Waals surface area contributed by atoms with Crippen LogP contribution in [0.15, 0.2) is 41.8 Å². The zero-order chi connectivity index (χ0) is 18.4. The molecule has 1 fully saturated rings. The van der Waals surface area contributed by atoms with Crippen LogP contribution < -0.4 is 4.74 Å². The molecular formula is C20H25ClN2O2S. The fourth-order valence-electron chi connectivity index (χ4n) is 3.13. The minimum atomic E-state index is -0.0790. The molecule has 1 aliphatic heterocycles.